The van der Waals surface area contributed by atoms with Gasteiger partial charge in [0.05, 0.1) is 0 Å². The van der Waals surface area contributed by atoms with Crippen LogP contribution in [0.5, 0.6) is 0 Å². The molecule has 7 heteroatoms. The molecule has 1 aromatic rings. The van der Waals surface area contributed by atoms with Gasteiger partial charge in [0.25, 0.3) is 5.91 Å². The highest BCUT2D eigenvalue weighted by Crippen LogP contribution is 2.15. The molecule has 0 aliphatic carbocycles. The Morgan fingerprint density at radius 1 is 1.47 bits per heavy atom. The molecule has 1 aromatic carbocycles. The number of carbonyl (C=O) groups excluding carboxylic acids is 1. The normalized spacial score (nSPS) is 18.5. The van der Waals surface area contributed by atoms with Crippen LogP contribution in [0.15, 0.2) is 23.2 Å². The summed E-state index contributed by atoms with van der Waals surface area (Å²) in [5.41, 5.74) is 1.67. The fourth-order valence-electron chi connectivity index (χ4n) is 1.37. The zero-order valence-corrected chi connectivity index (χ0v) is 8.48. The van der Waals surface area contributed by atoms with Crippen LogP contribution in [0.3, 0.4) is 0 Å². The minimum absolute atomic E-state index is 0.0394. The molecule has 0 bridgehead atoms. The summed E-state index contributed by atoms with van der Waals surface area (Å²) in [6, 6.07) is 2.27. The van der Waals surface area contributed by atoms with Gasteiger partial charge in [0, 0.05) is 5.56 Å². The van der Waals surface area contributed by atoms with Crippen LogP contribution >= 0.6 is 0 Å². The molecule has 0 fully saturated rings. The molecule has 0 radical (unpaired) electrons. The molecule has 0 saturated carbocycles. The molecule has 0 spiro atoms. The Kier molecular flexibility index (Phi) is 3.01. The first-order valence-corrected chi connectivity index (χ1v) is 4.72. The molecular weight excluding hydrogens is 234 g/mol. The van der Waals surface area contributed by atoms with Crippen molar-refractivity contribution in [1.29, 1.82) is 0 Å². The number of hydrogen-bond acceptors (Lipinski definition) is 4. The Balaban J connectivity index is 2.24. The number of nitrogens with zero attached hydrogens (tertiary/aromatic N) is 1. The van der Waals surface area contributed by atoms with Crippen LogP contribution in [0, 0.1) is 11.6 Å². The maximum Gasteiger partial charge on any atom is 0.271 e. The van der Waals surface area contributed by atoms with Crippen LogP contribution in [-0.2, 0) is 9.53 Å². The summed E-state index contributed by atoms with van der Waals surface area (Å²) in [6.45, 7) is -0.0548. The van der Waals surface area contributed by atoms with Crippen molar-refractivity contribution >= 4 is 11.8 Å². The van der Waals surface area contributed by atoms with Crippen LogP contribution in [-0.4, -0.2) is 29.7 Å². The van der Waals surface area contributed by atoms with Crippen molar-refractivity contribution in [2.45, 2.75) is 6.04 Å². The molecule has 0 aromatic heterocycles. The van der Waals surface area contributed by atoms with Gasteiger partial charge in [-0.3, -0.25) is 10.0 Å². The van der Waals surface area contributed by atoms with Crippen LogP contribution in [0.25, 0.3) is 0 Å². The second kappa shape index (κ2) is 4.46. The standard InChI is InChI=1S/C10H8F2N2O3/c11-6-2-1-5(3-7(6)12)10-13-8(4-17-10)9(15)14-16/h1-3,8,16H,4H2,(H,14,15)/t8-/m1/s1. The molecule has 90 valence electrons. The van der Waals surface area contributed by atoms with Crippen LogP contribution in [0.4, 0.5) is 8.78 Å². The number of halogens is 2. The number of hydrogen-bond donors (Lipinski definition) is 2. The van der Waals surface area contributed by atoms with E-state index in [1.54, 1.807) is 0 Å². The van der Waals surface area contributed by atoms with E-state index in [4.69, 9.17) is 9.94 Å². The Bertz CT molecular complexity index is 490. The summed E-state index contributed by atoms with van der Waals surface area (Å²) in [6.07, 6.45) is 0. The Morgan fingerprint density at radius 2 is 2.24 bits per heavy atom. The Labute approximate surface area is 94.7 Å². The predicted molar refractivity (Wildman–Crippen MR) is 52.6 cm³/mol. The maximum atomic E-state index is 12.9. The number of hydroxylamine groups is 1. The first-order chi connectivity index (χ1) is 8.11. The van der Waals surface area contributed by atoms with Crippen molar-refractivity contribution in [3.63, 3.8) is 0 Å². The third-order valence-corrected chi connectivity index (χ3v) is 2.23. The largest absolute Gasteiger partial charge is 0.475 e. The van der Waals surface area contributed by atoms with E-state index in [1.165, 1.54) is 11.5 Å². The second-order valence-corrected chi connectivity index (χ2v) is 3.37. The second-order valence-electron chi connectivity index (χ2n) is 3.37. The van der Waals surface area contributed by atoms with Gasteiger partial charge in [0.2, 0.25) is 5.90 Å². The lowest BCUT2D eigenvalue weighted by Gasteiger charge is -2.01. The molecule has 2 rings (SSSR count). The summed E-state index contributed by atoms with van der Waals surface area (Å²) >= 11 is 0. The zero-order chi connectivity index (χ0) is 12.4. The van der Waals surface area contributed by atoms with Gasteiger partial charge in [-0.1, -0.05) is 0 Å². The van der Waals surface area contributed by atoms with Gasteiger partial charge in [0.15, 0.2) is 17.7 Å². The van der Waals surface area contributed by atoms with Gasteiger partial charge in [0.1, 0.15) is 6.61 Å². The third kappa shape index (κ3) is 2.23. The van der Waals surface area contributed by atoms with E-state index in [2.05, 4.69) is 4.99 Å². The van der Waals surface area contributed by atoms with Crippen molar-refractivity contribution in [1.82, 2.24) is 5.48 Å². The quantitative estimate of drug-likeness (QED) is 0.589. The lowest BCUT2D eigenvalue weighted by atomic mass is 10.2. The summed E-state index contributed by atoms with van der Waals surface area (Å²) in [7, 11) is 0. The number of rotatable bonds is 2. The van der Waals surface area contributed by atoms with Gasteiger partial charge >= 0.3 is 0 Å². The topological polar surface area (TPSA) is 70.9 Å². The molecule has 17 heavy (non-hydrogen) atoms. The molecule has 1 atom stereocenters. The third-order valence-electron chi connectivity index (χ3n) is 2.23. The van der Waals surface area contributed by atoms with Gasteiger partial charge in [-0.05, 0) is 18.2 Å². The molecule has 2 N–H and O–H groups in total. The molecular formula is C10H8F2N2O3. The van der Waals surface area contributed by atoms with E-state index in [9.17, 15) is 13.6 Å². The van der Waals surface area contributed by atoms with E-state index in [0.717, 1.165) is 12.1 Å². The van der Waals surface area contributed by atoms with E-state index in [-0.39, 0.29) is 18.1 Å². The highest BCUT2D eigenvalue weighted by molar-refractivity contribution is 5.98. The fourth-order valence-corrected chi connectivity index (χ4v) is 1.37. The van der Waals surface area contributed by atoms with Gasteiger partial charge < -0.3 is 4.74 Å². The number of carbonyl (C=O) groups is 1. The molecule has 0 unspecified atom stereocenters. The molecule has 5 nitrogen and oxygen atoms in total. The average Bonchev–Trinajstić information content (AvgIpc) is 2.81. The summed E-state index contributed by atoms with van der Waals surface area (Å²) in [5.74, 6) is -2.68. The summed E-state index contributed by atoms with van der Waals surface area (Å²) in [4.78, 5) is 14.9. The highest BCUT2D eigenvalue weighted by Gasteiger charge is 2.26. The number of aliphatic imine (C=N–C) groups is 1. The lowest BCUT2D eigenvalue weighted by Crippen LogP contribution is -2.31. The molecule has 1 aliphatic heterocycles. The first kappa shape index (κ1) is 11.5. The minimum Gasteiger partial charge on any atom is -0.475 e. The number of benzene rings is 1. The smallest absolute Gasteiger partial charge is 0.271 e. The van der Waals surface area contributed by atoms with Crippen molar-refractivity contribution in [2.75, 3.05) is 6.61 Å². The van der Waals surface area contributed by atoms with E-state index in [0.29, 0.717) is 0 Å². The Morgan fingerprint density at radius 3 is 2.88 bits per heavy atom. The van der Waals surface area contributed by atoms with Crippen molar-refractivity contribution in [3.8, 4) is 0 Å². The van der Waals surface area contributed by atoms with Crippen molar-refractivity contribution < 1.29 is 23.5 Å². The van der Waals surface area contributed by atoms with Gasteiger partial charge in [-0.2, -0.15) is 0 Å². The summed E-state index contributed by atoms with van der Waals surface area (Å²) < 4.78 is 30.7. The van der Waals surface area contributed by atoms with E-state index < -0.39 is 23.6 Å². The number of amides is 1. The van der Waals surface area contributed by atoms with Gasteiger partial charge in [-0.25, -0.2) is 19.3 Å². The Hall–Kier alpha value is -2.02. The first-order valence-electron chi connectivity index (χ1n) is 4.72. The van der Waals surface area contributed by atoms with Crippen molar-refractivity contribution in [3.05, 3.63) is 35.4 Å². The maximum absolute atomic E-state index is 12.9. The monoisotopic (exact) mass is 242 g/mol. The van der Waals surface area contributed by atoms with Crippen LogP contribution < -0.4 is 5.48 Å². The van der Waals surface area contributed by atoms with Crippen molar-refractivity contribution in [2.24, 2.45) is 4.99 Å². The SMILES string of the molecule is O=C(NO)[C@H]1COC(c2ccc(F)c(F)c2)=N1. The average molecular weight is 242 g/mol. The number of ether oxygens (including phenoxy) is 1. The molecule has 1 aliphatic rings. The predicted octanol–water partition coefficient (Wildman–Crippen LogP) is 0.616. The zero-order valence-electron chi connectivity index (χ0n) is 8.48. The van der Waals surface area contributed by atoms with Crippen LogP contribution in [0.2, 0.25) is 0 Å². The van der Waals surface area contributed by atoms with E-state index in [1.807, 2.05) is 0 Å². The highest BCUT2D eigenvalue weighted by atomic mass is 19.2. The van der Waals surface area contributed by atoms with Gasteiger partial charge in [-0.15, -0.1) is 0 Å². The van der Waals surface area contributed by atoms with E-state index >= 15 is 0 Å². The molecule has 0 saturated heterocycles. The van der Waals surface area contributed by atoms with Crippen LogP contribution in [0.1, 0.15) is 5.56 Å². The number of nitrogens with one attached hydrogen (secondary N) is 1. The molecule has 1 heterocycles. The lowest BCUT2D eigenvalue weighted by molar-refractivity contribution is -0.130. The fraction of sp³-hybridized carbons (Fsp3) is 0.200. The molecule has 1 amide bonds. The minimum atomic E-state index is -1.02. The summed E-state index contributed by atoms with van der Waals surface area (Å²) in [5, 5.41) is 8.40.